The average Bonchev–Trinajstić information content (AvgIpc) is 2.27. The summed E-state index contributed by atoms with van der Waals surface area (Å²) in [5.41, 5.74) is 5.44. The fraction of sp³-hybridized carbons (Fsp3) is 0.750. The second-order valence-corrected chi connectivity index (χ2v) is 3.08. The lowest BCUT2D eigenvalue weighted by molar-refractivity contribution is -0.144. The maximum absolute atomic E-state index is 11.1. The molecular formula is C8H15ClN2O4. The fourth-order valence-electron chi connectivity index (χ4n) is 0.847. The Kier molecular flexibility index (Phi) is 7.02. The van der Waals surface area contributed by atoms with E-state index in [1.165, 1.54) is 14.2 Å². The molecule has 0 amide bonds. The standard InChI is InChI=1S/C8H15ClN2O4/c1-14-7(12)5(10)4-11-6(3-9)8(13)15-2/h5-6,11H,3-4,10H2,1-2H3/t5-,6-/m1/s1. The van der Waals surface area contributed by atoms with E-state index in [1.54, 1.807) is 0 Å². The first-order valence-corrected chi connectivity index (χ1v) is 4.80. The molecule has 0 heterocycles. The summed E-state index contributed by atoms with van der Waals surface area (Å²) in [7, 11) is 2.49. The lowest BCUT2D eigenvalue weighted by Crippen LogP contribution is -2.48. The predicted octanol–water partition coefficient (Wildman–Crippen LogP) is -1.14. The van der Waals surface area contributed by atoms with E-state index in [1.807, 2.05) is 0 Å². The zero-order valence-corrected chi connectivity index (χ0v) is 9.41. The van der Waals surface area contributed by atoms with Crippen molar-refractivity contribution in [1.82, 2.24) is 5.32 Å². The highest BCUT2D eigenvalue weighted by molar-refractivity contribution is 6.19. The fourth-order valence-corrected chi connectivity index (χ4v) is 1.08. The van der Waals surface area contributed by atoms with E-state index < -0.39 is 24.0 Å². The zero-order chi connectivity index (χ0) is 11.8. The lowest BCUT2D eigenvalue weighted by Gasteiger charge is -2.15. The number of ether oxygens (including phenoxy) is 2. The second-order valence-electron chi connectivity index (χ2n) is 2.77. The molecule has 0 fully saturated rings. The molecule has 0 aromatic carbocycles. The van der Waals surface area contributed by atoms with E-state index in [0.29, 0.717) is 0 Å². The van der Waals surface area contributed by atoms with Crippen molar-refractivity contribution in [3.8, 4) is 0 Å². The summed E-state index contributed by atoms with van der Waals surface area (Å²) in [4.78, 5) is 22.0. The Bertz CT molecular complexity index is 225. The molecule has 0 radical (unpaired) electrons. The average molecular weight is 239 g/mol. The first-order chi connectivity index (χ1) is 7.06. The van der Waals surface area contributed by atoms with Crippen LogP contribution in [-0.4, -0.2) is 50.7 Å². The van der Waals surface area contributed by atoms with Gasteiger partial charge in [0, 0.05) is 12.4 Å². The van der Waals surface area contributed by atoms with Crippen LogP contribution in [0.15, 0.2) is 0 Å². The van der Waals surface area contributed by atoms with E-state index in [-0.39, 0.29) is 12.4 Å². The molecular weight excluding hydrogens is 224 g/mol. The number of methoxy groups -OCH3 is 2. The maximum atomic E-state index is 11.1. The van der Waals surface area contributed by atoms with Crippen molar-refractivity contribution in [2.45, 2.75) is 12.1 Å². The number of rotatable bonds is 6. The predicted molar refractivity (Wildman–Crippen MR) is 54.5 cm³/mol. The molecule has 0 aliphatic rings. The van der Waals surface area contributed by atoms with Crippen LogP contribution in [0.4, 0.5) is 0 Å². The third-order valence-electron chi connectivity index (χ3n) is 1.73. The number of hydrogen-bond acceptors (Lipinski definition) is 6. The molecule has 0 unspecified atom stereocenters. The molecule has 7 heteroatoms. The van der Waals surface area contributed by atoms with E-state index >= 15 is 0 Å². The van der Waals surface area contributed by atoms with E-state index in [2.05, 4.69) is 14.8 Å². The Hall–Kier alpha value is -0.850. The van der Waals surface area contributed by atoms with Gasteiger partial charge in [-0.3, -0.25) is 9.59 Å². The lowest BCUT2D eigenvalue weighted by atomic mass is 10.2. The molecule has 0 aliphatic heterocycles. The minimum absolute atomic E-state index is 0.0422. The second kappa shape index (κ2) is 7.44. The summed E-state index contributed by atoms with van der Waals surface area (Å²) in [5.74, 6) is -1.01. The maximum Gasteiger partial charge on any atom is 0.324 e. The van der Waals surface area contributed by atoms with Gasteiger partial charge in [-0.2, -0.15) is 0 Å². The molecule has 0 saturated heterocycles. The van der Waals surface area contributed by atoms with Crippen LogP contribution in [0, 0.1) is 0 Å². The largest absolute Gasteiger partial charge is 0.468 e. The number of nitrogens with one attached hydrogen (secondary N) is 1. The van der Waals surface area contributed by atoms with E-state index in [0.717, 1.165) is 0 Å². The van der Waals surface area contributed by atoms with Crippen LogP contribution in [0.3, 0.4) is 0 Å². The van der Waals surface area contributed by atoms with Crippen molar-refractivity contribution in [3.05, 3.63) is 0 Å². The van der Waals surface area contributed by atoms with Crippen LogP contribution in [0.5, 0.6) is 0 Å². The molecule has 0 aromatic heterocycles. The number of alkyl halides is 1. The van der Waals surface area contributed by atoms with Crippen LogP contribution >= 0.6 is 11.6 Å². The number of hydrogen-bond donors (Lipinski definition) is 2. The SMILES string of the molecule is COC(=O)[C@H](N)CN[C@H](CCl)C(=O)OC. The molecule has 0 rings (SSSR count). The van der Waals surface area contributed by atoms with Gasteiger partial charge in [-0.1, -0.05) is 0 Å². The number of nitrogens with two attached hydrogens (primary N) is 1. The summed E-state index contributed by atoms with van der Waals surface area (Å²) in [5, 5.41) is 2.70. The Morgan fingerprint density at radius 1 is 1.33 bits per heavy atom. The van der Waals surface area contributed by atoms with E-state index in [9.17, 15) is 9.59 Å². The van der Waals surface area contributed by atoms with Gasteiger partial charge >= 0.3 is 11.9 Å². The molecule has 2 atom stereocenters. The molecule has 0 aromatic rings. The highest BCUT2D eigenvalue weighted by Crippen LogP contribution is 1.92. The van der Waals surface area contributed by atoms with Crippen molar-refractivity contribution in [2.75, 3.05) is 26.6 Å². The van der Waals surface area contributed by atoms with Gasteiger partial charge in [-0.05, 0) is 0 Å². The van der Waals surface area contributed by atoms with Crippen LogP contribution in [-0.2, 0) is 19.1 Å². The number of esters is 2. The third kappa shape index (κ3) is 4.96. The summed E-state index contributed by atoms with van der Waals surface area (Å²) in [6, 6.07) is -1.50. The van der Waals surface area contributed by atoms with Gasteiger partial charge in [-0.15, -0.1) is 11.6 Å². The van der Waals surface area contributed by atoms with Gasteiger partial charge in [0.25, 0.3) is 0 Å². The van der Waals surface area contributed by atoms with Crippen molar-refractivity contribution in [2.24, 2.45) is 5.73 Å². The first-order valence-electron chi connectivity index (χ1n) is 4.27. The van der Waals surface area contributed by atoms with Gasteiger partial charge in [0.2, 0.25) is 0 Å². The normalized spacial score (nSPS) is 14.1. The number of carbonyl (C=O) groups excluding carboxylic acids is 2. The van der Waals surface area contributed by atoms with Crippen molar-refractivity contribution < 1.29 is 19.1 Å². The molecule has 0 saturated carbocycles. The van der Waals surface area contributed by atoms with E-state index in [4.69, 9.17) is 17.3 Å². The number of carbonyl (C=O) groups is 2. The summed E-state index contributed by atoms with van der Waals surface area (Å²) in [6.07, 6.45) is 0. The molecule has 3 N–H and O–H groups in total. The minimum atomic E-state index is -0.828. The van der Waals surface area contributed by atoms with Crippen molar-refractivity contribution in [3.63, 3.8) is 0 Å². The highest BCUT2D eigenvalue weighted by atomic mass is 35.5. The van der Waals surface area contributed by atoms with Crippen molar-refractivity contribution >= 4 is 23.5 Å². The third-order valence-corrected chi connectivity index (χ3v) is 2.04. The van der Waals surface area contributed by atoms with Crippen LogP contribution in [0.25, 0.3) is 0 Å². The highest BCUT2D eigenvalue weighted by Gasteiger charge is 2.20. The Labute approximate surface area is 93.0 Å². The molecule has 88 valence electrons. The monoisotopic (exact) mass is 238 g/mol. The zero-order valence-electron chi connectivity index (χ0n) is 8.66. The van der Waals surface area contributed by atoms with Crippen LogP contribution in [0.1, 0.15) is 0 Å². The van der Waals surface area contributed by atoms with Crippen LogP contribution in [0.2, 0.25) is 0 Å². The molecule has 6 nitrogen and oxygen atoms in total. The summed E-state index contributed by atoms with van der Waals surface area (Å²) >= 11 is 5.52. The van der Waals surface area contributed by atoms with Gasteiger partial charge in [0.05, 0.1) is 14.2 Å². The molecule has 0 spiro atoms. The summed E-state index contributed by atoms with van der Waals surface area (Å²) in [6.45, 7) is 0.0964. The Morgan fingerprint density at radius 2 is 1.87 bits per heavy atom. The van der Waals surface area contributed by atoms with Gasteiger partial charge in [0.15, 0.2) is 0 Å². The van der Waals surface area contributed by atoms with Gasteiger partial charge < -0.3 is 20.5 Å². The van der Waals surface area contributed by atoms with Gasteiger partial charge in [-0.25, -0.2) is 0 Å². The number of halogens is 1. The molecule has 0 bridgehead atoms. The molecule has 15 heavy (non-hydrogen) atoms. The van der Waals surface area contributed by atoms with Gasteiger partial charge in [0.1, 0.15) is 12.1 Å². The van der Waals surface area contributed by atoms with Crippen LogP contribution < -0.4 is 11.1 Å². The summed E-state index contributed by atoms with van der Waals surface area (Å²) < 4.78 is 8.89. The first kappa shape index (κ1) is 14.2. The molecule has 0 aliphatic carbocycles. The smallest absolute Gasteiger partial charge is 0.324 e. The quantitative estimate of drug-likeness (QED) is 0.449. The van der Waals surface area contributed by atoms with Crippen molar-refractivity contribution in [1.29, 1.82) is 0 Å². The Balaban J connectivity index is 4.00. The Morgan fingerprint density at radius 3 is 2.27 bits per heavy atom. The minimum Gasteiger partial charge on any atom is -0.468 e. The topological polar surface area (TPSA) is 90.6 Å².